The van der Waals surface area contributed by atoms with E-state index >= 15 is 0 Å². The van der Waals surface area contributed by atoms with Crippen molar-refractivity contribution in [3.8, 4) is 28.0 Å². The number of ether oxygens (including phenoxy) is 1. The quantitative estimate of drug-likeness (QED) is 0.0989. The Labute approximate surface area is 441 Å². The van der Waals surface area contributed by atoms with E-state index in [-0.39, 0.29) is 25.0 Å². The van der Waals surface area contributed by atoms with Crippen LogP contribution in [0.4, 0.5) is 34.1 Å². The van der Waals surface area contributed by atoms with Crippen molar-refractivity contribution in [2.24, 2.45) is 0 Å². The molecule has 9 aromatic rings. The van der Waals surface area contributed by atoms with Gasteiger partial charge in [-0.1, -0.05) is 119 Å². The second-order valence-corrected chi connectivity index (χ2v) is 18.4. The first kappa shape index (κ1) is 48.7. The molecular formula is C63H48N6O4Zn. The maximum Gasteiger partial charge on any atom is 2.00 e. The Morgan fingerprint density at radius 3 is 1.35 bits per heavy atom. The number of carbonyl (C=O) groups is 2. The van der Waals surface area contributed by atoms with Crippen molar-refractivity contribution in [2.75, 3.05) is 9.80 Å². The number of carbonyl (C=O) groups excluding carboxylic acids is 1. The molecule has 0 amide bonds. The van der Waals surface area contributed by atoms with E-state index in [0.717, 1.165) is 78.6 Å². The van der Waals surface area contributed by atoms with Crippen LogP contribution < -0.4 is 24.5 Å². The molecule has 0 aliphatic carbocycles. The van der Waals surface area contributed by atoms with Gasteiger partial charge >= 0.3 is 25.4 Å². The minimum atomic E-state index is -1.02. The number of fused-ring (bicyclic) bond motifs is 8. The third-order valence-corrected chi connectivity index (χ3v) is 13.2. The van der Waals surface area contributed by atoms with Crippen molar-refractivity contribution >= 4 is 92.9 Å². The van der Waals surface area contributed by atoms with Crippen LogP contribution in [0.3, 0.4) is 0 Å². The van der Waals surface area contributed by atoms with Crippen LogP contribution >= 0.6 is 0 Å². The van der Waals surface area contributed by atoms with Crippen LogP contribution in [0.25, 0.3) is 68.6 Å². The van der Waals surface area contributed by atoms with Gasteiger partial charge in [0.2, 0.25) is 0 Å². The summed E-state index contributed by atoms with van der Waals surface area (Å²) < 4.78 is 5.22. The summed E-state index contributed by atoms with van der Waals surface area (Å²) in [6.07, 6.45) is 8.07. The van der Waals surface area contributed by atoms with E-state index in [4.69, 9.17) is 24.7 Å². The second kappa shape index (κ2) is 20.3. The van der Waals surface area contributed by atoms with Crippen LogP contribution in [0.2, 0.25) is 0 Å². The third-order valence-electron chi connectivity index (χ3n) is 13.2. The Hall–Kier alpha value is -8.92. The van der Waals surface area contributed by atoms with E-state index in [1.165, 1.54) is 0 Å². The summed E-state index contributed by atoms with van der Waals surface area (Å²) in [7, 11) is 0. The summed E-state index contributed by atoms with van der Waals surface area (Å²) >= 11 is 0. The molecule has 6 aromatic carbocycles. The number of rotatable bonds is 11. The van der Waals surface area contributed by atoms with Crippen molar-refractivity contribution in [1.82, 2.24) is 19.9 Å². The molecule has 8 bridgehead atoms. The van der Waals surface area contributed by atoms with Gasteiger partial charge in [0.15, 0.2) is 0 Å². The molecule has 356 valence electrons. The van der Waals surface area contributed by atoms with E-state index in [1.54, 1.807) is 36.4 Å². The Bertz CT molecular complexity index is 3810. The first-order valence-corrected chi connectivity index (χ1v) is 24.0. The number of hydrogen-bond donors (Lipinski definition) is 1. The van der Waals surface area contributed by atoms with Gasteiger partial charge in [0, 0.05) is 22.7 Å². The molecule has 74 heavy (non-hydrogen) atoms. The number of aromatic carboxylic acids is 1. The Morgan fingerprint density at radius 1 is 0.486 bits per heavy atom. The minimum Gasteiger partial charge on any atom is -0.657 e. The topological polar surface area (TPSA) is 124 Å². The van der Waals surface area contributed by atoms with Gasteiger partial charge in [0.1, 0.15) is 5.75 Å². The molecule has 0 saturated carbocycles. The average Bonchev–Trinajstić information content (AvgIpc) is 4.25. The zero-order valence-corrected chi connectivity index (χ0v) is 44.5. The molecule has 2 aliphatic heterocycles. The summed E-state index contributed by atoms with van der Waals surface area (Å²) in [4.78, 5) is 50.1. The molecule has 0 atom stereocenters. The molecule has 2 aliphatic rings. The molecule has 11 heteroatoms. The van der Waals surface area contributed by atoms with Crippen LogP contribution in [0.15, 0.2) is 164 Å². The molecule has 11 rings (SSSR count). The summed E-state index contributed by atoms with van der Waals surface area (Å²) in [5.74, 6) is -0.624. The van der Waals surface area contributed by atoms with E-state index in [0.29, 0.717) is 62.6 Å². The van der Waals surface area contributed by atoms with Gasteiger partial charge in [-0.25, -0.2) is 14.8 Å². The third kappa shape index (κ3) is 9.37. The zero-order valence-electron chi connectivity index (χ0n) is 41.5. The Balaban J connectivity index is 0.00000626. The van der Waals surface area contributed by atoms with Gasteiger partial charge < -0.3 is 29.6 Å². The van der Waals surface area contributed by atoms with Gasteiger partial charge in [-0.3, -0.25) is 4.79 Å². The first-order chi connectivity index (χ1) is 35.5. The fraction of sp³-hybridized carbons (Fsp3) is 0.0794. The number of aromatic nitrogens is 4. The van der Waals surface area contributed by atoms with Gasteiger partial charge in [-0.15, -0.1) is 22.1 Å². The summed E-state index contributed by atoms with van der Waals surface area (Å²) in [5, 5.41) is 9.93. The summed E-state index contributed by atoms with van der Waals surface area (Å²) in [5.41, 5.74) is 19.2. The number of carboxylic acids is 1. The number of benzene rings is 6. The van der Waals surface area contributed by atoms with Crippen molar-refractivity contribution < 1.29 is 38.9 Å². The van der Waals surface area contributed by atoms with Crippen molar-refractivity contribution in [3.63, 3.8) is 0 Å². The molecule has 0 radical (unpaired) electrons. The Morgan fingerprint density at radius 2 is 0.892 bits per heavy atom. The molecule has 0 fully saturated rings. The SMILES string of the molecule is Cc1ccc(N(c2ccc(C)cc2)c2c3nc(c(-c4ccc(OC=O)cc4)c4ccc([n-]4)c(-c4ccc(C(=O)O)cc4)c4nc(c(N(c5ccc(C)cc5)c5ccc(C)cc5C)c5ccc2[n-]5)C=C4)C=C3)cc1.[Zn+2]. The van der Waals surface area contributed by atoms with E-state index in [9.17, 15) is 14.7 Å². The van der Waals surface area contributed by atoms with Crippen LogP contribution in [0.1, 0.15) is 61.0 Å². The van der Waals surface area contributed by atoms with Crippen LogP contribution in [-0.2, 0) is 24.3 Å². The largest absolute Gasteiger partial charge is 2.00 e. The van der Waals surface area contributed by atoms with Crippen molar-refractivity contribution in [2.45, 2.75) is 34.6 Å². The molecule has 3 aromatic heterocycles. The molecule has 0 saturated heterocycles. The van der Waals surface area contributed by atoms with Gasteiger partial charge in [0.05, 0.1) is 39.7 Å². The molecule has 10 nitrogen and oxygen atoms in total. The van der Waals surface area contributed by atoms with Crippen molar-refractivity contribution in [1.29, 1.82) is 0 Å². The number of aryl methyl sites for hydroxylation is 5. The maximum atomic E-state index is 12.1. The first-order valence-electron chi connectivity index (χ1n) is 24.0. The monoisotopic (exact) mass is 1020 g/mol. The molecule has 5 heterocycles. The standard InChI is InChI=1S/C63H49N6O4.Zn/c1-38-6-19-46(20-7-38)68(47-21-8-39(2)9-22-47)61-54-31-29-53(65-54)60(44-17-25-49(26-18-44)73-37-70)51-28-27-50(64-51)59(43-13-15-45(16-14-43)63(71)72)52-30-32-56(66-52)62(57-34-33-55(61)67-57)69(48-23-10-40(3)11-24-48)58-35-12-41(4)36-42(58)5;/h6-37H,1-5H3,(H2-,64,65,66,67,71,72);/q-1;+2/p-1. The van der Waals surface area contributed by atoms with Gasteiger partial charge in [0.25, 0.3) is 6.47 Å². The van der Waals surface area contributed by atoms with Gasteiger partial charge in [-0.05, 0) is 153 Å². The summed E-state index contributed by atoms with van der Waals surface area (Å²) in [6.45, 7) is 10.9. The normalized spacial score (nSPS) is 11.5. The van der Waals surface area contributed by atoms with Crippen molar-refractivity contribution in [3.05, 3.63) is 220 Å². The zero-order chi connectivity index (χ0) is 50.3. The molecular weight excluding hydrogens is 970 g/mol. The van der Waals surface area contributed by atoms with Gasteiger partial charge in [-0.2, -0.15) is 0 Å². The number of carboxylic acid groups (broad SMARTS) is 1. The molecule has 1 N–H and O–H groups in total. The fourth-order valence-corrected chi connectivity index (χ4v) is 9.58. The molecule has 0 unspecified atom stereocenters. The number of hydrogen-bond acceptors (Lipinski definition) is 7. The maximum absolute atomic E-state index is 12.1. The number of anilines is 6. The Kier molecular flexibility index (Phi) is 13.4. The smallest absolute Gasteiger partial charge is 0.657 e. The summed E-state index contributed by atoms with van der Waals surface area (Å²) in [6, 6.07) is 54.1. The average molecular weight is 1020 g/mol. The van der Waals surface area contributed by atoms with Crippen LogP contribution in [0, 0.1) is 34.6 Å². The number of nitrogens with zero attached hydrogens (tertiary/aromatic N) is 6. The van der Waals surface area contributed by atoms with Crippen LogP contribution in [0.5, 0.6) is 5.75 Å². The van der Waals surface area contributed by atoms with Crippen LogP contribution in [-0.4, -0.2) is 27.5 Å². The molecule has 0 spiro atoms. The minimum absolute atomic E-state index is 0. The van der Waals surface area contributed by atoms with E-state index < -0.39 is 5.97 Å². The fourth-order valence-electron chi connectivity index (χ4n) is 9.58. The van der Waals surface area contributed by atoms with E-state index in [1.807, 2.05) is 48.6 Å². The van der Waals surface area contributed by atoms with E-state index in [2.05, 4.69) is 148 Å². The predicted molar refractivity (Wildman–Crippen MR) is 294 cm³/mol. The second-order valence-electron chi connectivity index (χ2n) is 18.4. The predicted octanol–water partition coefficient (Wildman–Crippen LogP) is 15.0.